The molecule has 1 heteroatoms. The van der Waals surface area contributed by atoms with Gasteiger partial charge in [0.05, 0.1) is 0 Å². The van der Waals surface area contributed by atoms with E-state index in [0.717, 1.165) is 19.3 Å². The van der Waals surface area contributed by atoms with Crippen LogP contribution < -0.4 is 0 Å². The first-order chi connectivity index (χ1) is 7.40. The molecule has 2 atom stereocenters. The summed E-state index contributed by atoms with van der Waals surface area (Å²) in [5, 5.41) is 0. The summed E-state index contributed by atoms with van der Waals surface area (Å²) in [6.07, 6.45) is 7.56. The van der Waals surface area contributed by atoms with Crippen LogP contribution in [0.25, 0.3) is 0 Å². The maximum atomic E-state index is 11.9. The molecular formula is C15H24O. The first-order valence-electron chi connectivity index (χ1n) is 6.20. The minimum absolute atomic E-state index is 0.149. The van der Waals surface area contributed by atoms with Crippen molar-refractivity contribution in [2.45, 2.75) is 53.9 Å². The first kappa shape index (κ1) is 13.2. The van der Waals surface area contributed by atoms with Crippen molar-refractivity contribution in [1.82, 2.24) is 0 Å². The molecule has 0 saturated heterocycles. The molecule has 90 valence electrons. The average Bonchev–Trinajstić information content (AvgIpc) is 2.23. The summed E-state index contributed by atoms with van der Waals surface area (Å²) >= 11 is 0. The molecule has 0 aromatic carbocycles. The van der Waals surface area contributed by atoms with Gasteiger partial charge in [0.1, 0.15) is 5.78 Å². The zero-order valence-corrected chi connectivity index (χ0v) is 11.3. The van der Waals surface area contributed by atoms with Crippen LogP contribution in [0.15, 0.2) is 23.3 Å². The van der Waals surface area contributed by atoms with Gasteiger partial charge < -0.3 is 0 Å². The summed E-state index contributed by atoms with van der Waals surface area (Å²) in [5.41, 5.74) is 2.67. The van der Waals surface area contributed by atoms with Crippen molar-refractivity contribution < 1.29 is 4.79 Å². The third-order valence-electron chi connectivity index (χ3n) is 4.18. The standard InChI is InChI=1S/C15H24O/c1-6-11(2)9-14-10-12(3)7-8-15(14,5)13(4)16/h6,10,14H,7-9H2,1-5H3. The highest BCUT2D eigenvalue weighted by Gasteiger charge is 2.39. The molecule has 1 nitrogen and oxygen atoms in total. The lowest BCUT2D eigenvalue weighted by molar-refractivity contribution is -0.128. The summed E-state index contributed by atoms with van der Waals surface area (Å²) in [4.78, 5) is 11.9. The van der Waals surface area contributed by atoms with E-state index in [1.54, 1.807) is 6.92 Å². The molecular weight excluding hydrogens is 196 g/mol. The van der Waals surface area contributed by atoms with Crippen molar-refractivity contribution in [2.24, 2.45) is 11.3 Å². The fraction of sp³-hybridized carbons (Fsp3) is 0.667. The van der Waals surface area contributed by atoms with E-state index < -0.39 is 0 Å². The second-order valence-corrected chi connectivity index (χ2v) is 5.43. The summed E-state index contributed by atoms with van der Waals surface area (Å²) in [6, 6.07) is 0. The van der Waals surface area contributed by atoms with Crippen LogP contribution in [-0.4, -0.2) is 5.78 Å². The quantitative estimate of drug-likeness (QED) is 0.648. The summed E-state index contributed by atoms with van der Waals surface area (Å²) in [7, 11) is 0. The van der Waals surface area contributed by atoms with Gasteiger partial charge >= 0.3 is 0 Å². The molecule has 0 heterocycles. The molecule has 1 aliphatic carbocycles. The maximum Gasteiger partial charge on any atom is 0.136 e. The largest absolute Gasteiger partial charge is 0.299 e. The Balaban J connectivity index is 2.97. The van der Waals surface area contributed by atoms with Crippen LogP contribution in [0.2, 0.25) is 0 Å². The van der Waals surface area contributed by atoms with Crippen LogP contribution in [0.3, 0.4) is 0 Å². The molecule has 0 amide bonds. The van der Waals surface area contributed by atoms with Gasteiger partial charge in [-0.3, -0.25) is 4.79 Å². The molecule has 0 aromatic rings. The predicted octanol–water partition coefficient (Wildman–Crippen LogP) is 4.29. The highest BCUT2D eigenvalue weighted by atomic mass is 16.1. The van der Waals surface area contributed by atoms with E-state index in [9.17, 15) is 4.79 Å². The maximum absolute atomic E-state index is 11.9. The van der Waals surface area contributed by atoms with Crippen LogP contribution in [0, 0.1) is 11.3 Å². The molecule has 0 aromatic heterocycles. The van der Waals surface area contributed by atoms with Crippen LogP contribution in [-0.2, 0) is 4.79 Å². The van der Waals surface area contributed by atoms with Gasteiger partial charge in [-0.2, -0.15) is 0 Å². The van der Waals surface area contributed by atoms with E-state index in [-0.39, 0.29) is 5.41 Å². The molecule has 0 aliphatic heterocycles. The van der Waals surface area contributed by atoms with Gasteiger partial charge in [-0.25, -0.2) is 0 Å². The lowest BCUT2D eigenvalue weighted by Crippen LogP contribution is -2.36. The van der Waals surface area contributed by atoms with Gasteiger partial charge in [0.15, 0.2) is 0 Å². The van der Waals surface area contributed by atoms with E-state index in [1.165, 1.54) is 11.1 Å². The van der Waals surface area contributed by atoms with Gasteiger partial charge in [-0.05, 0) is 52.9 Å². The normalized spacial score (nSPS) is 31.2. The van der Waals surface area contributed by atoms with Crippen molar-refractivity contribution in [3.63, 3.8) is 0 Å². The Labute approximate surface area is 99.6 Å². The molecule has 0 N–H and O–H groups in total. The minimum Gasteiger partial charge on any atom is -0.299 e. The van der Waals surface area contributed by atoms with Gasteiger partial charge in [-0.1, -0.05) is 30.2 Å². The molecule has 1 rings (SSSR count). The Morgan fingerprint density at radius 1 is 1.56 bits per heavy atom. The Morgan fingerprint density at radius 2 is 2.19 bits per heavy atom. The summed E-state index contributed by atoms with van der Waals surface area (Å²) < 4.78 is 0. The number of Topliss-reactive ketones (excluding diaryl/α,β-unsaturated/α-hetero) is 1. The van der Waals surface area contributed by atoms with Gasteiger partial charge in [0, 0.05) is 5.41 Å². The zero-order valence-electron chi connectivity index (χ0n) is 11.3. The number of carbonyl (C=O) groups is 1. The Kier molecular flexibility index (Phi) is 4.12. The van der Waals surface area contributed by atoms with Gasteiger partial charge in [0.2, 0.25) is 0 Å². The Bertz CT molecular complexity index is 335. The zero-order chi connectivity index (χ0) is 12.3. The smallest absolute Gasteiger partial charge is 0.136 e. The number of rotatable bonds is 3. The summed E-state index contributed by atoms with van der Waals surface area (Å²) in [6.45, 7) is 10.3. The number of allylic oxidation sites excluding steroid dienone is 4. The van der Waals surface area contributed by atoms with E-state index in [0.29, 0.717) is 11.7 Å². The molecule has 0 radical (unpaired) electrons. The lowest BCUT2D eigenvalue weighted by Gasteiger charge is -2.38. The lowest BCUT2D eigenvalue weighted by atomic mass is 9.65. The second-order valence-electron chi connectivity index (χ2n) is 5.43. The van der Waals surface area contributed by atoms with Gasteiger partial charge in [0.25, 0.3) is 0 Å². The number of carbonyl (C=O) groups excluding carboxylic acids is 1. The topological polar surface area (TPSA) is 17.1 Å². The third kappa shape index (κ3) is 2.63. The van der Waals surface area contributed by atoms with Crippen LogP contribution in [0.1, 0.15) is 53.9 Å². The first-order valence-corrected chi connectivity index (χ1v) is 6.20. The third-order valence-corrected chi connectivity index (χ3v) is 4.18. The number of hydrogen-bond donors (Lipinski definition) is 0. The monoisotopic (exact) mass is 220 g/mol. The summed E-state index contributed by atoms with van der Waals surface area (Å²) in [5.74, 6) is 0.722. The van der Waals surface area contributed by atoms with E-state index in [4.69, 9.17) is 0 Å². The molecule has 16 heavy (non-hydrogen) atoms. The molecule has 0 saturated carbocycles. The van der Waals surface area contributed by atoms with Crippen LogP contribution >= 0.6 is 0 Å². The minimum atomic E-state index is -0.149. The van der Waals surface area contributed by atoms with Crippen LogP contribution in [0.4, 0.5) is 0 Å². The highest BCUT2D eigenvalue weighted by Crippen LogP contribution is 2.43. The fourth-order valence-electron chi connectivity index (χ4n) is 2.44. The number of ketones is 1. The van der Waals surface area contributed by atoms with Gasteiger partial charge in [-0.15, -0.1) is 0 Å². The van der Waals surface area contributed by atoms with Crippen molar-refractivity contribution in [1.29, 1.82) is 0 Å². The SMILES string of the molecule is CC=C(C)CC1C=C(C)CCC1(C)C(C)=O. The average molecular weight is 220 g/mol. The molecule has 0 spiro atoms. The second kappa shape index (κ2) is 4.99. The number of hydrogen-bond acceptors (Lipinski definition) is 1. The van der Waals surface area contributed by atoms with E-state index >= 15 is 0 Å². The van der Waals surface area contributed by atoms with Crippen molar-refractivity contribution >= 4 is 5.78 Å². The molecule has 0 fully saturated rings. The van der Waals surface area contributed by atoms with Crippen molar-refractivity contribution in [3.8, 4) is 0 Å². The van der Waals surface area contributed by atoms with E-state index in [1.807, 2.05) is 0 Å². The fourth-order valence-corrected chi connectivity index (χ4v) is 2.44. The molecule has 2 unspecified atom stereocenters. The Hall–Kier alpha value is -0.850. The molecule has 0 bridgehead atoms. The highest BCUT2D eigenvalue weighted by molar-refractivity contribution is 5.82. The van der Waals surface area contributed by atoms with Crippen molar-refractivity contribution in [2.75, 3.05) is 0 Å². The Morgan fingerprint density at radius 3 is 2.69 bits per heavy atom. The van der Waals surface area contributed by atoms with Crippen LogP contribution in [0.5, 0.6) is 0 Å². The van der Waals surface area contributed by atoms with E-state index in [2.05, 4.69) is 39.8 Å². The van der Waals surface area contributed by atoms with Crippen molar-refractivity contribution in [3.05, 3.63) is 23.3 Å². The molecule has 1 aliphatic rings. The predicted molar refractivity (Wildman–Crippen MR) is 69.3 cm³/mol.